The van der Waals surface area contributed by atoms with Crippen LogP contribution in [-0.4, -0.2) is 30.1 Å². The van der Waals surface area contributed by atoms with Crippen LogP contribution < -0.4 is 5.73 Å². The quantitative estimate of drug-likeness (QED) is 0.749. The first-order valence-corrected chi connectivity index (χ1v) is 8.02. The summed E-state index contributed by atoms with van der Waals surface area (Å²) in [6, 6.07) is 0.965. The summed E-state index contributed by atoms with van der Waals surface area (Å²) >= 11 is 0. The highest BCUT2D eigenvalue weighted by Crippen LogP contribution is 2.36. The predicted octanol–water partition coefficient (Wildman–Crippen LogP) is 3.79. The maximum atomic E-state index is 6.56. The van der Waals surface area contributed by atoms with Crippen LogP contribution in [0.15, 0.2) is 0 Å². The average Bonchev–Trinajstić information content (AvgIpc) is 2.34. The first kappa shape index (κ1) is 16.0. The van der Waals surface area contributed by atoms with Crippen molar-refractivity contribution in [1.82, 2.24) is 4.90 Å². The van der Waals surface area contributed by atoms with Gasteiger partial charge in [0.25, 0.3) is 0 Å². The van der Waals surface area contributed by atoms with E-state index in [0.29, 0.717) is 17.5 Å². The Morgan fingerprint density at radius 2 is 1.67 bits per heavy atom. The predicted molar refractivity (Wildman–Crippen MR) is 80.8 cm³/mol. The fourth-order valence-corrected chi connectivity index (χ4v) is 3.21. The van der Waals surface area contributed by atoms with Gasteiger partial charge in [-0.25, -0.2) is 0 Å². The minimum atomic E-state index is 0.319. The molecule has 1 aliphatic rings. The van der Waals surface area contributed by atoms with Crippen LogP contribution in [0.2, 0.25) is 0 Å². The normalized spacial score (nSPS) is 27.7. The Morgan fingerprint density at radius 3 is 2.17 bits per heavy atom. The number of unbranched alkanes of at least 4 members (excludes halogenated alkanes) is 2. The molecule has 0 amide bonds. The van der Waals surface area contributed by atoms with E-state index in [2.05, 4.69) is 32.6 Å². The smallest absolute Gasteiger partial charge is 0.0252 e. The van der Waals surface area contributed by atoms with Crippen LogP contribution in [0.5, 0.6) is 0 Å². The molecule has 0 aliphatic heterocycles. The monoisotopic (exact) mass is 254 g/mol. The van der Waals surface area contributed by atoms with Crippen molar-refractivity contribution in [2.45, 2.75) is 84.7 Å². The first-order chi connectivity index (χ1) is 8.53. The fraction of sp³-hybridized carbons (Fsp3) is 1.00. The third-order valence-electron chi connectivity index (χ3n) is 4.70. The second-order valence-electron chi connectivity index (χ2n) is 6.72. The molecule has 0 aromatic carbocycles. The molecule has 0 heterocycles. The van der Waals surface area contributed by atoms with Crippen LogP contribution in [0, 0.1) is 5.41 Å². The van der Waals surface area contributed by atoms with Gasteiger partial charge in [-0.2, -0.15) is 0 Å². The van der Waals surface area contributed by atoms with Crippen LogP contribution in [0.1, 0.15) is 72.6 Å². The number of hydrogen-bond donors (Lipinski definition) is 1. The molecule has 0 aromatic rings. The zero-order chi connectivity index (χ0) is 13.6. The minimum Gasteiger partial charge on any atom is -0.326 e. The second-order valence-corrected chi connectivity index (χ2v) is 6.72. The Labute approximate surface area is 114 Å². The second kappa shape index (κ2) is 7.49. The summed E-state index contributed by atoms with van der Waals surface area (Å²) in [7, 11) is 0. The van der Waals surface area contributed by atoms with E-state index in [4.69, 9.17) is 5.73 Å². The molecule has 1 saturated carbocycles. The van der Waals surface area contributed by atoms with Gasteiger partial charge >= 0.3 is 0 Å². The highest BCUT2D eigenvalue weighted by atomic mass is 15.2. The Balaban J connectivity index is 2.63. The van der Waals surface area contributed by atoms with Crippen LogP contribution in [0.3, 0.4) is 0 Å². The Bertz CT molecular complexity index is 217. The maximum absolute atomic E-state index is 6.56. The lowest BCUT2D eigenvalue weighted by Gasteiger charge is -2.46. The van der Waals surface area contributed by atoms with Gasteiger partial charge < -0.3 is 5.73 Å². The van der Waals surface area contributed by atoms with Gasteiger partial charge in [0.05, 0.1) is 0 Å². The Morgan fingerprint density at radius 1 is 1.11 bits per heavy atom. The summed E-state index contributed by atoms with van der Waals surface area (Å²) < 4.78 is 0. The molecule has 2 atom stereocenters. The molecule has 2 heteroatoms. The van der Waals surface area contributed by atoms with E-state index in [0.717, 1.165) is 0 Å². The van der Waals surface area contributed by atoms with Crippen molar-refractivity contribution in [2.24, 2.45) is 11.1 Å². The summed E-state index contributed by atoms with van der Waals surface area (Å²) in [4.78, 5) is 2.69. The SMILES string of the molecule is CCCCN(CCCC)C1CCCC(C)(C)C1N. The van der Waals surface area contributed by atoms with Crippen molar-refractivity contribution in [3.63, 3.8) is 0 Å². The molecule has 2 nitrogen and oxygen atoms in total. The van der Waals surface area contributed by atoms with Crippen molar-refractivity contribution >= 4 is 0 Å². The largest absolute Gasteiger partial charge is 0.326 e. The van der Waals surface area contributed by atoms with Gasteiger partial charge in [0.1, 0.15) is 0 Å². The van der Waals surface area contributed by atoms with Crippen molar-refractivity contribution < 1.29 is 0 Å². The van der Waals surface area contributed by atoms with E-state index in [1.165, 1.54) is 58.0 Å². The van der Waals surface area contributed by atoms with Gasteiger partial charge in [0, 0.05) is 12.1 Å². The summed E-state index contributed by atoms with van der Waals surface area (Å²) in [6.45, 7) is 11.7. The van der Waals surface area contributed by atoms with Crippen molar-refractivity contribution in [1.29, 1.82) is 0 Å². The van der Waals surface area contributed by atoms with Crippen molar-refractivity contribution in [2.75, 3.05) is 13.1 Å². The maximum Gasteiger partial charge on any atom is 0.0252 e. The van der Waals surface area contributed by atoms with Gasteiger partial charge in [0.2, 0.25) is 0 Å². The van der Waals surface area contributed by atoms with Gasteiger partial charge in [-0.05, 0) is 44.2 Å². The molecule has 1 rings (SSSR count). The standard InChI is InChI=1S/C16H34N2/c1-5-7-12-18(13-8-6-2)14-10-9-11-16(3,4)15(14)17/h14-15H,5-13,17H2,1-4H3. The molecule has 0 saturated heterocycles. The molecular formula is C16H34N2. The summed E-state index contributed by atoms with van der Waals surface area (Å²) in [6.07, 6.45) is 9.14. The molecule has 1 aliphatic carbocycles. The summed E-state index contributed by atoms with van der Waals surface area (Å²) in [5.74, 6) is 0. The summed E-state index contributed by atoms with van der Waals surface area (Å²) in [5, 5.41) is 0. The van der Waals surface area contributed by atoms with Crippen molar-refractivity contribution in [3.8, 4) is 0 Å². The molecule has 2 N–H and O–H groups in total. The minimum absolute atomic E-state index is 0.319. The van der Waals surface area contributed by atoms with Gasteiger partial charge in [-0.1, -0.05) is 47.0 Å². The Kier molecular flexibility index (Phi) is 6.65. The van der Waals surface area contributed by atoms with E-state index < -0.39 is 0 Å². The summed E-state index contributed by atoms with van der Waals surface area (Å²) in [5.41, 5.74) is 6.88. The molecule has 108 valence electrons. The molecule has 1 fully saturated rings. The lowest BCUT2D eigenvalue weighted by atomic mass is 9.70. The number of nitrogens with zero attached hydrogens (tertiary/aromatic N) is 1. The van der Waals surface area contributed by atoms with Crippen LogP contribution >= 0.6 is 0 Å². The molecule has 0 aromatic heterocycles. The van der Waals surface area contributed by atoms with E-state index >= 15 is 0 Å². The molecule has 0 radical (unpaired) electrons. The molecular weight excluding hydrogens is 220 g/mol. The van der Waals surface area contributed by atoms with Gasteiger partial charge in [-0.15, -0.1) is 0 Å². The lowest BCUT2D eigenvalue weighted by Crippen LogP contribution is -2.57. The highest BCUT2D eigenvalue weighted by molar-refractivity contribution is 4.96. The average molecular weight is 254 g/mol. The van der Waals surface area contributed by atoms with E-state index in [1.54, 1.807) is 0 Å². The molecule has 0 spiro atoms. The molecule has 18 heavy (non-hydrogen) atoms. The van der Waals surface area contributed by atoms with Gasteiger partial charge in [-0.3, -0.25) is 4.90 Å². The van der Waals surface area contributed by atoms with E-state index in [1.807, 2.05) is 0 Å². The van der Waals surface area contributed by atoms with Crippen LogP contribution in [-0.2, 0) is 0 Å². The van der Waals surface area contributed by atoms with Gasteiger partial charge in [0.15, 0.2) is 0 Å². The fourth-order valence-electron chi connectivity index (χ4n) is 3.21. The number of hydrogen-bond acceptors (Lipinski definition) is 2. The third-order valence-corrected chi connectivity index (χ3v) is 4.70. The zero-order valence-corrected chi connectivity index (χ0v) is 13.0. The number of rotatable bonds is 7. The van der Waals surface area contributed by atoms with Crippen LogP contribution in [0.25, 0.3) is 0 Å². The Hall–Kier alpha value is -0.0800. The third kappa shape index (κ3) is 4.24. The first-order valence-electron chi connectivity index (χ1n) is 8.02. The van der Waals surface area contributed by atoms with E-state index in [-0.39, 0.29) is 0 Å². The molecule has 2 unspecified atom stereocenters. The van der Waals surface area contributed by atoms with Crippen molar-refractivity contribution in [3.05, 3.63) is 0 Å². The molecule has 0 bridgehead atoms. The zero-order valence-electron chi connectivity index (χ0n) is 13.0. The van der Waals surface area contributed by atoms with Crippen LogP contribution in [0.4, 0.5) is 0 Å². The highest BCUT2D eigenvalue weighted by Gasteiger charge is 2.38. The topological polar surface area (TPSA) is 29.3 Å². The number of nitrogens with two attached hydrogens (primary N) is 1. The van der Waals surface area contributed by atoms with E-state index in [9.17, 15) is 0 Å². The lowest BCUT2D eigenvalue weighted by molar-refractivity contribution is 0.0658.